The number of ketones is 1. The van der Waals surface area contributed by atoms with Gasteiger partial charge < -0.3 is 0 Å². The second-order valence-corrected chi connectivity index (χ2v) is 5.29. The van der Waals surface area contributed by atoms with E-state index in [1.165, 1.54) is 11.1 Å². The van der Waals surface area contributed by atoms with Gasteiger partial charge in [0.25, 0.3) is 0 Å². The van der Waals surface area contributed by atoms with Gasteiger partial charge in [0.2, 0.25) is 0 Å². The predicted octanol–water partition coefficient (Wildman–Crippen LogP) is 4.66. The summed E-state index contributed by atoms with van der Waals surface area (Å²) in [6, 6.07) is 12.1. The molecule has 0 saturated carbocycles. The molecular formula is C19H22O. The highest BCUT2D eigenvalue weighted by Crippen LogP contribution is 2.21. The molecule has 0 spiro atoms. The molecule has 1 heteroatoms. The summed E-state index contributed by atoms with van der Waals surface area (Å²) in [5.41, 5.74) is 6.37. The average Bonchev–Trinajstić information content (AvgIpc) is 2.46. The van der Waals surface area contributed by atoms with Crippen LogP contribution < -0.4 is 0 Å². The van der Waals surface area contributed by atoms with E-state index in [4.69, 9.17) is 0 Å². The van der Waals surface area contributed by atoms with E-state index in [1.54, 1.807) is 0 Å². The lowest BCUT2D eigenvalue weighted by atomic mass is 9.92. The molecular weight excluding hydrogens is 244 g/mol. The highest BCUT2D eigenvalue weighted by Gasteiger charge is 2.15. The Bertz CT molecular complexity index is 618. The molecule has 0 aromatic heterocycles. The molecule has 2 aromatic rings. The maximum absolute atomic E-state index is 12.8. The van der Waals surface area contributed by atoms with Crippen LogP contribution in [0.3, 0.4) is 0 Å². The molecule has 0 aliphatic heterocycles. The summed E-state index contributed by atoms with van der Waals surface area (Å²) in [4.78, 5) is 12.8. The maximum atomic E-state index is 12.8. The summed E-state index contributed by atoms with van der Waals surface area (Å²) in [5, 5.41) is 0. The molecule has 0 bridgehead atoms. The van der Waals surface area contributed by atoms with Crippen LogP contribution in [-0.2, 0) is 12.8 Å². The third-order valence-corrected chi connectivity index (χ3v) is 3.94. The number of benzene rings is 2. The lowest BCUT2D eigenvalue weighted by molar-refractivity contribution is 0.103. The number of aryl methyl sites for hydroxylation is 4. The number of carbonyl (C=O) groups is 1. The van der Waals surface area contributed by atoms with Crippen molar-refractivity contribution in [1.82, 2.24) is 0 Å². The molecule has 0 aliphatic rings. The quantitative estimate of drug-likeness (QED) is 0.736. The maximum Gasteiger partial charge on any atom is 0.193 e. The van der Waals surface area contributed by atoms with Crippen LogP contribution in [0, 0.1) is 13.8 Å². The largest absolute Gasteiger partial charge is 0.289 e. The van der Waals surface area contributed by atoms with Crippen molar-refractivity contribution >= 4 is 5.78 Å². The van der Waals surface area contributed by atoms with Crippen molar-refractivity contribution in [3.8, 4) is 0 Å². The van der Waals surface area contributed by atoms with Crippen LogP contribution in [0.4, 0.5) is 0 Å². The van der Waals surface area contributed by atoms with E-state index in [0.29, 0.717) is 0 Å². The molecule has 0 saturated heterocycles. The Hall–Kier alpha value is -1.89. The Kier molecular flexibility index (Phi) is 4.39. The van der Waals surface area contributed by atoms with Crippen molar-refractivity contribution in [2.75, 3.05) is 0 Å². The van der Waals surface area contributed by atoms with Crippen LogP contribution in [-0.4, -0.2) is 5.78 Å². The SMILES string of the molecule is CCc1ccc(C(=O)c2c(C)cccc2C)cc1CC. The molecule has 0 radical (unpaired) electrons. The van der Waals surface area contributed by atoms with Crippen LogP contribution in [0.15, 0.2) is 36.4 Å². The summed E-state index contributed by atoms with van der Waals surface area (Å²) in [6.45, 7) is 8.30. The van der Waals surface area contributed by atoms with Gasteiger partial charge in [0.1, 0.15) is 0 Å². The van der Waals surface area contributed by atoms with Crippen LogP contribution in [0.5, 0.6) is 0 Å². The molecule has 0 N–H and O–H groups in total. The van der Waals surface area contributed by atoms with Crippen molar-refractivity contribution in [3.63, 3.8) is 0 Å². The van der Waals surface area contributed by atoms with Crippen LogP contribution in [0.25, 0.3) is 0 Å². The van der Waals surface area contributed by atoms with E-state index >= 15 is 0 Å². The highest BCUT2D eigenvalue weighted by atomic mass is 16.1. The zero-order chi connectivity index (χ0) is 14.7. The lowest BCUT2D eigenvalue weighted by Gasteiger charge is -2.11. The van der Waals surface area contributed by atoms with Crippen LogP contribution >= 0.6 is 0 Å². The molecule has 2 rings (SSSR count). The van der Waals surface area contributed by atoms with Crippen LogP contribution in [0.2, 0.25) is 0 Å². The summed E-state index contributed by atoms with van der Waals surface area (Å²) in [7, 11) is 0. The minimum absolute atomic E-state index is 0.137. The first-order chi connectivity index (χ1) is 9.58. The van der Waals surface area contributed by atoms with Crippen molar-refractivity contribution < 1.29 is 4.79 Å². The van der Waals surface area contributed by atoms with Crippen LogP contribution in [0.1, 0.15) is 52.0 Å². The van der Waals surface area contributed by atoms with E-state index in [2.05, 4.69) is 26.0 Å². The zero-order valence-corrected chi connectivity index (χ0v) is 12.8. The van der Waals surface area contributed by atoms with Gasteiger partial charge in [-0.2, -0.15) is 0 Å². The zero-order valence-electron chi connectivity index (χ0n) is 12.8. The van der Waals surface area contributed by atoms with Gasteiger partial charge in [-0.05, 0) is 55.0 Å². The predicted molar refractivity (Wildman–Crippen MR) is 84.5 cm³/mol. The van der Waals surface area contributed by atoms with E-state index in [1.807, 2.05) is 38.1 Å². The third-order valence-electron chi connectivity index (χ3n) is 3.94. The molecule has 0 unspecified atom stereocenters. The van der Waals surface area contributed by atoms with E-state index in [9.17, 15) is 4.79 Å². The monoisotopic (exact) mass is 266 g/mol. The minimum atomic E-state index is 0.137. The minimum Gasteiger partial charge on any atom is -0.289 e. The molecule has 0 fully saturated rings. The highest BCUT2D eigenvalue weighted by molar-refractivity contribution is 6.10. The normalized spacial score (nSPS) is 10.6. The molecule has 0 atom stereocenters. The summed E-state index contributed by atoms with van der Waals surface area (Å²) < 4.78 is 0. The molecule has 104 valence electrons. The van der Waals surface area contributed by atoms with E-state index < -0.39 is 0 Å². The Morgan fingerprint density at radius 2 is 1.50 bits per heavy atom. The number of hydrogen-bond acceptors (Lipinski definition) is 1. The van der Waals surface area contributed by atoms with Gasteiger partial charge in [-0.15, -0.1) is 0 Å². The molecule has 2 aromatic carbocycles. The van der Waals surface area contributed by atoms with Crippen molar-refractivity contribution in [2.24, 2.45) is 0 Å². The fraction of sp³-hybridized carbons (Fsp3) is 0.316. The Morgan fingerprint density at radius 1 is 0.900 bits per heavy atom. The van der Waals surface area contributed by atoms with Gasteiger partial charge in [-0.25, -0.2) is 0 Å². The Balaban J connectivity index is 2.49. The Labute approximate surface area is 121 Å². The summed E-state index contributed by atoms with van der Waals surface area (Å²) >= 11 is 0. The fourth-order valence-electron chi connectivity index (χ4n) is 2.76. The molecule has 1 nitrogen and oxygen atoms in total. The number of rotatable bonds is 4. The third kappa shape index (κ3) is 2.67. The second kappa shape index (κ2) is 6.04. The number of hydrogen-bond donors (Lipinski definition) is 0. The van der Waals surface area contributed by atoms with E-state index in [-0.39, 0.29) is 5.78 Å². The van der Waals surface area contributed by atoms with Crippen molar-refractivity contribution in [1.29, 1.82) is 0 Å². The van der Waals surface area contributed by atoms with Gasteiger partial charge in [0.05, 0.1) is 0 Å². The number of carbonyl (C=O) groups excluding carboxylic acids is 1. The first-order valence-electron chi connectivity index (χ1n) is 7.31. The molecule has 20 heavy (non-hydrogen) atoms. The second-order valence-electron chi connectivity index (χ2n) is 5.29. The Morgan fingerprint density at radius 3 is 2.05 bits per heavy atom. The standard InChI is InChI=1S/C19H22O/c1-5-15-10-11-17(12-16(15)6-2)19(20)18-13(3)8-7-9-14(18)4/h7-12H,5-6H2,1-4H3. The summed E-state index contributed by atoms with van der Waals surface area (Å²) in [5.74, 6) is 0.137. The van der Waals surface area contributed by atoms with Gasteiger partial charge >= 0.3 is 0 Å². The van der Waals surface area contributed by atoms with Gasteiger partial charge in [-0.1, -0.05) is 44.2 Å². The van der Waals surface area contributed by atoms with Crippen molar-refractivity contribution in [2.45, 2.75) is 40.5 Å². The van der Waals surface area contributed by atoms with Gasteiger partial charge in [0, 0.05) is 11.1 Å². The fourth-order valence-corrected chi connectivity index (χ4v) is 2.76. The van der Waals surface area contributed by atoms with Crippen molar-refractivity contribution in [3.05, 3.63) is 69.8 Å². The molecule has 0 amide bonds. The topological polar surface area (TPSA) is 17.1 Å². The van der Waals surface area contributed by atoms with E-state index in [0.717, 1.165) is 35.1 Å². The molecule has 0 heterocycles. The summed E-state index contributed by atoms with van der Waals surface area (Å²) in [6.07, 6.45) is 1.98. The van der Waals surface area contributed by atoms with Gasteiger partial charge in [0.15, 0.2) is 5.78 Å². The smallest absolute Gasteiger partial charge is 0.193 e. The molecule has 0 aliphatic carbocycles. The first-order valence-corrected chi connectivity index (χ1v) is 7.31. The average molecular weight is 266 g/mol. The first kappa shape index (κ1) is 14.5. The van der Waals surface area contributed by atoms with Gasteiger partial charge in [-0.3, -0.25) is 4.79 Å². The lowest BCUT2D eigenvalue weighted by Crippen LogP contribution is -2.07.